The lowest BCUT2D eigenvalue weighted by molar-refractivity contribution is -0.365. The lowest BCUT2D eigenvalue weighted by atomic mass is 9.95. The van der Waals surface area contributed by atoms with Gasteiger partial charge in [0.05, 0.1) is 5.69 Å². The molecule has 15 heteroatoms. The van der Waals surface area contributed by atoms with E-state index in [0.717, 1.165) is 19.1 Å². The molecule has 4 N–H and O–H groups in total. The van der Waals surface area contributed by atoms with E-state index in [1.165, 1.54) is 0 Å². The first-order valence-electron chi connectivity index (χ1n) is 6.71. The first-order valence-corrected chi connectivity index (χ1v) is 6.71. The van der Waals surface area contributed by atoms with Gasteiger partial charge < -0.3 is 20.7 Å². The maximum atomic E-state index is 12.6. The predicted molar refractivity (Wildman–Crippen MR) is 80.1 cm³/mol. The Balaban J connectivity index is 3.12. The molecular weight excluding hydrogens is 394 g/mol. The number of hydrogen-bond acceptors (Lipinski definition) is 9. The van der Waals surface area contributed by atoms with Gasteiger partial charge in [0, 0.05) is 17.8 Å². The summed E-state index contributed by atoms with van der Waals surface area (Å²) < 4.78 is 75.8. The van der Waals surface area contributed by atoms with Crippen LogP contribution in [0.5, 0.6) is 0 Å². The number of hydrazone groups is 1. The summed E-state index contributed by atoms with van der Waals surface area (Å²) in [5.74, 6) is 0. The van der Waals surface area contributed by atoms with Gasteiger partial charge in [0.25, 0.3) is 5.60 Å². The third-order valence-corrected chi connectivity index (χ3v) is 3.22. The molecule has 0 radical (unpaired) electrons. The van der Waals surface area contributed by atoms with E-state index in [-0.39, 0.29) is 0 Å². The Morgan fingerprint density at radius 3 is 2.04 bits per heavy atom. The van der Waals surface area contributed by atoms with Gasteiger partial charge in [-0.05, 0) is 25.1 Å². The fourth-order valence-corrected chi connectivity index (χ4v) is 1.82. The summed E-state index contributed by atoms with van der Waals surface area (Å²) in [5.41, 5.74) is -5.60. The number of hydrogen-bond donors (Lipinski definition) is 4. The van der Waals surface area contributed by atoms with Crippen LogP contribution in [0.2, 0.25) is 0 Å². The van der Waals surface area contributed by atoms with Crippen molar-refractivity contribution in [2.45, 2.75) is 31.3 Å². The van der Waals surface area contributed by atoms with Crippen molar-refractivity contribution in [3.63, 3.8) is 0 Å². The summed E-state index contributed by atoms with van der Waals surface area (Å²) >= 11 is 0. The van der Waals surface area contributed by atoms with E-state index in [4.69, 9.17) is 15.5 Å². The lowest BCUT2D eigenvalue weighted by Gasteiger charge is -2.37. The summed E-state index contributed by atoms with van der Waals surface area (Å²) in [7, 11) is 0. The second-order valence-corrected chi connectivity index (χ2v) is 5.24. The van der Waals surface area contributed by atoms with Crippen molar-refractivity contribution < 1.29 is 41.9 Å². The topological polar surface area (TPSA) is 138 Å². The van der Waals surface area contributed by atoms with Gasteiger partial charge in [-0.3, -0.25) is 15.8 Å². The van der Waals surface area contributed by atoms with Gasteiger partial charge in [-0.15, -0.1) is 5.23 Å². The van der Waals surface area contributed by atoms with E-state index in [9.17, 15) is 36.8 Å². The van der Waals surface area contributed by atoms with Crippen LogP contribution in [0.4, 0.5) is 43.4 Å². The van der Waals surface area contributed by atoms with E-state index in [0.29, 0.717) is 6.07 Å². The molecule has 0 saturated heterocycles. The number of nitrogens with zero attached hydrogens (tertiary/aromatic N) is 3. The van der Waals surface area contributed by atoms with Gasteiger partial charge >= 0.3 is 12.4 Å². The first-order chi connectivity index (χ1) is 12.1. The van der Waals surface area contributed by atoms with Crippen LogP contribution in [0.1, 0.15) is 13.3 Å². The molecule has 0 saturated carbocycles. The molecule has 0 aliphatic rings. The van der Waals surface area contributed by atoms with Gasteiger partial charge in [-0.1, -0.05) is 0 Å². The molecule has 0 spiro atoms. The van der Waals surface area contributed by atoms with Crippen molar-refractivity contribution >= 4 is 22.8 Å². The quantitative estimate of drug-likeness (QED) is 0.321. The van der Waals surface area contributed by atoms with Gasteiger partial charge in [-0.25, -0.2) is 0 Å². The molecule has 0 amide bonds. The maximum Gasteiger partial charge on any atom is 0.426 e. The van der Waals surface area contributed by atoms with Crippen LogP contribution in [0.15, 0.2) is 23.3 Å². The van der Waals surface area contributed by atoms with Crippen molar-refractivity contribution in [1.82, 2.24) is 0 Å². The Hall–Kier alpha value is -2.33. The highest BCUT2D eigenvalue weighted by Crippen LogP contribution is 2.45. The van der Waals surface area contributed by atoms with Crippen LogP contribution in [-0.2, 0) is 0 Å². The molecule has 0 aliphatic carbocycles. The standard InChI is InChI=1S/C12H12F6N4O5/c1-6(5-10(23,11(13,14)15)12(16,17)18)19-20-8-3-2-7(21(24)25)4-9(8)22(26)27/h2-4,20,23,26-27H,5H2,1H3/q-2/b19-6+. The average molecular weight is 406 g/mol. The SMILES string of the molecule is C/C(CC(O)(C(F)(F)F)C(F)(F)F)=N\Nc1ccc(N([O-])[O-])cc1N(O)O. The summed E-state index contributed by atoms with van der Waals surface area (Å²) in [4.78, 5) is 0. The van der Waals surface area contributed by atoms with Crippen LogP contribution in [0.25, 0.3) is 0 Å². The second kappa shape index (κ2) is 7.73. The third kappa shape index (κ3) is 5.10. The number of aliphatic hydroxyl groups is 1. The highest BCUT2D eigenvalue weighted by Gasteiger charge is 2.70. The molecule has 1 rings (SSSR count). The fourth-order valence-electron chi connectivity index (χ4n) is 1.82. The number of benzene rings is 1. The van der Waals surface area contributed by atoms with Crippen LogP contribution in [-0.4, -0.2) is 39.2 Å². The van der Waals surface area contributed by atoms with Crippen LogP contribution in [0, 0.1) is 10.4 Å². The minimum absolute atomic E-state index is 0.396. The second-order valence-electron chi connectivity index (χ2n) is 5.24. The molecule has 0 bridgehead atoms. The highest BCUT2D eigenvalue weighted by atomic mass is 19.4. The fraction of sp³-hybridized carbons (Fsp3) is 0.417. The molecule has 1 aromatic carbocycles. The highest BCUT2D eigenvalue weighted by molar-refractivity contribution is 5.84. The lowest BCUT2D eigenvalue weighted by Crippen LogP contribution is -2.57. The number of rotatable bonds is 6. The number of anilines is 3. The number of nitrogens with one attached hydrogen (secondary N) is 1. The van der Waals surface area contributed by atoms with Crippen molar-refractivity contribution in [2.75, 3.05) is 15.9 Å². The summed E-state index contributed by atoms with van der Waals surface area (Å²) in [6, 6.07) is 2.39. The van der Waals surface area contributed by atoms with Crippen molar-refractivity contribution in [2.24, 2.45) is 5.10 Å². The van der Waals surface area contributed by atoms with E-state index < -0.39 is 57.6 Å². The van der Waals surface area contributed by atoms with E-state index in [1.807, 2.05) is 5.43 Å². The minimum Gasteiger partial charge on any atom is -0.769 e. The Kier molecular flexibility index (Phi) is 6.50. The van der Waals surface area contributed by atoms with Gasteiger partial charge in [0.15, 0.2) is 0 Å². The van der Waals surface area contributed by atoms with Crippen LogP contribution in [0.3, 0.4) is 0 Å². The van der Waals surface area contributed by atoms with Crippen molar-refractivity contribution in [3.8, 4) is 0 Å². The zero-order valence-corrected chi connectivity index (χ0v) is 13.2. The predicted octanol–water partition coefficient (Wildman–Crippen LogP) is 3.11. The van der Waals surface area contributed by atoms with Crippen molar-refractivity contribution in [3.05, 3.63) is 28.6 Å². The minimum atomic E-state index is -6.03. The first kappa shape index (κ1) is 22.7. The largest absolute Gasteiger partial charge is 0.769 e. The van der Waals surface area contributed by atoms with Crippen LogP contribution >= 0.6 is 0 Å². The Labute approximate surface area is 146 Å². The summed E-state index contributed by atoms with van der Waals surface area (Å²) in [5, 5.41) is 50.1. The Morgan fingerprint density at radius 1 is 1.11 bits per heavy atom. The average Bonchev–Trinajstić information content (AvgIpc) is 2.50. The molecular formula is C12H12F6N4O5-2. The zero-order chi connectivity index (χ0) is 21.2. The van der Waals surface area contributed by atoms with Crippen LogP contribution < -0.4 is 15.9 Å². The zero-order valence-electron chi connectivity index (χ0n) is 13.2. The third-order valence-electron chi connectivity index (χ3n) is 3.22. The van der Waals surface area contributed by atoms with Gasteiger partial charge in [0.1, 0.15) is 5.69 Å². The monoisotopic (exact) mass is 406 g/mol. The summed E-state index contributed by atoms with van der Waals surface area (Å²) in [6.45, 7) is 0.746. The molecule has 0 atom stereocenters. The smallest absolute Gasteiger partial charge is 0.426 e. The molecule has 0 aliphatic heterocycles. The molecule has 0 fully saturated rings. The molecule has 9 nitrogen and oxygen atoms in total. The number of halogens is 6. The van der Waals surface area contributed by atoms with E-state index in [1.54, 1.807) is 0 Å². The van der Waals surface area contributed by atoms with Gasteiger partial charge in [0.2, 0.25) is 0 Å². The molecule has 154 valence electrons. The van der Waals surface area contributed by atoms with Gasteiger partial charge in [-0.2, -0.15) is 31.4 Å². The molecule has 27 heavy (non-hydrogen) atoms. The number of alkyl halides is 6. The molecule has 1 aromatic rings. The maximum absolute atomic E-state index is 12.6. The van der Waals surface area contributed by atoms with Crippen molar-refractivity contribution in [1.29, 1.82) is 0 Å². The molecule has 0 heterocycles. The van der Waals surface area contributed by atoms with E-state index >= 15 is 0 Å². The normalized spacial score (nSPS) is 13.6. The summed E-state index contributed by atoms with van der Waals surface area (Å²) in [6.07, 6.45) is -14.0. The Morgan fingerprint density at radius 2 is 1.63 bits per heavy atom. The van der Waals surface area contributed by atoms with E-state index in [2.05, 4.69) is 5.10 Å². The molecule has 0 aromatic heterocycles. The Bertz CT molecular complexity index is 678. The molecule has 0 unspecified atom stereocenters.